The van der Waals surface area contributed by atoms with Crippen molar-refractivity contribution in [2.24, 2.45) is 0 Å². The molecule has 3 N–H and O–H groups in total. The van der Waals surface area contributed by atoms with E-state index in [1.165, 1.54) is 6.33 Å². The molecule has 3 amide bonds. The Hall–Kier alpha value is -5.01. The number of rotatable bonds is 12. The summed E-state index contributed by atoms with van der Waals surface area (Å²) in [6, 6.07) is 5.07. The lowest BCUT2D eigenvalue weighted by molar-refractivity contribution is -0.154. The first-order valence-corrected chi connectivity index (χ1v) is 13.5. The van der Waals surface area contributed by atoms with Crippen LogP contribution in [0.25, 0.3) is 5.52 Å². The number of hydrogen-bond donors (Lipinski definition) is 3. The van der Waals surface area contributed by atoms with Crippen LogP contribution in [-0.4, -0.2) is 73.8 Å². The Morgan fingerprint density at radius 3 is 2.57 bits per heavy atom. The summed E-state index contributed by atoms with van der Waals surface area (Å²) < 4.78 is 11.2. The monoisotopic (exact) mass is 580 g/mol. The van der Waals surface area contributed by atoms with Crippen LogP contribution in [0.5, 0.6) is 0 Å². The Morgan fingerprint density at radius 1 is 1.12 bits per heavy atom. The van der Waals surface area contributed by atoms with E-state index in [1.54, 1.807) is 35.8 Å². The number of carboxylic acids is 1. The number of amides is 3. The predicted molar refractivity (Wildman–Crippen MR) is 148 cm³/mol. The third kappa shape index (κ3) is 7.19. The maximum atomic E-state index is 13.4. The molecule has 14 heteroatoms. The lowest BCUT2D eigenvalue weighted by Crippen LogP contribution is -2.38. The maximum absolute atomic E-state index is 13.4. The van der Waals surface area contributed by atoms with Gasteiger partial charge in [-0.25, -0.2) is 19.2 Å². The van der Waals surface area contributed by atoms with Crippen molar-refractivity contribution in [3.8, 4) is 0 Å². The van der Waals surface area contributed by atoms with E-state index in [1.807, 2.05) is 13.8 Å². The van der Waals surface area contributed by atoms with Crippen molar-refractivity contribution in [1.29, 1.82) is 0 Å². The number of imide groups is 1. The first-order chi connectivity index (χ1) is 20.1. The fourth-order valence-electron chi connectivity index (χ4n) is 4.15. The number of aliphatic carboxylic acids is 1. The standard InChI is InChI=1S/C28H32N6O8/c1-4-11-33(28(40)42-15-41-23(37)10-9-22(35)36)27(39)18-6-5-16(2)21(12-18)32-25-24-17(3)20(13-34(24)30-14-29-25)26(38)31-19-7-8-19/h5-6,12-14,19H,4,7-11,15H2,1-3H3,(H,31,38)(H,35,36)(H,29,30,32). The summed E-state index contributed by atoms with van der Waals surface area (Å²) in [5.41, 5.74) is 3.31. The molecule has 0 spiro atoms. The molecule has 1 aliphatic rings. The van der Waals surface area contributed by atoms with E-state index >= 15 is 0 Å². The Bertz CT molecular complexity index is 1530. The van der Waals surface area contributed by atoms with Gasteiger partial charge in [0.05, 0.1) is 18.4 Å². The summed E-state index contributed by atoms with van der Waals surface area (Å²) >= 11 is 0. The molecule has 0 atom stereocenters. The van der Waals surface area contributed by atoms with Crippen molar-refractivity contribution < 1.29 is 38.6 Å². The van der Waals surface area contributed by atoms with Gasteiger partial charge in [0.1, 0.15) is 11.8 Å². The molecule has 0 unspecified atom stereocenters. The maximum Gasteiger partial charge on any atom is 0.419 e. The van der Waals surface area contributed by atoms with Crippen LogP contribution in [0.3, 0.4) is 0 Å². The van der Waals surface area contributed by atoms with Gasteiger partial charge in [-0.05, 0) is 56.4 Å². The summed E-state index contributed by atoms with van der Waals surface area (Å²) in [6.45, 7) is 4.72. The number of carbonyl (C=O) groups is 5. The molecule has 4 rings (SSSR count). The molecule has 0 bridgehead atoms. The van der Waals surface area contributed by atoms with E-state index in [9.17, 15) is 24.0 Å². The Morgan fingerprint density at radius 2 is 1.88 bits per heavy atom. The molecule has 222 valence electrons. The number of fused-ring (bicyclic) bond motifs is 1. The zero-order valence-corrected chi connectivity index (χ0v) is 23.5. The van der Waals surface area contributed by atoms with Crippen LogP contribution in [0, 0.1) is 13.8 Å². The highest BCUT2D eigenvalue weighted by Gasteiger charge is 2.27. The molecule has 14 nitrogen and oxygen atoms in total. The highest BCUT2D eigenvalue weighted by Crippen LogP contribution is 2.28. The van der Waals surface area contributed by atoms with Gasteiger partial charge in [0.2, 0.25) is 6.79 Å². The van der Waals surface area contributed by atoms with Crippen molar-refractivity contribution >= 4 is 46.9 Å². The van der Waals surface area contributed by atoms with Crippen LogP contribution in [0.2, 0.25) is 0 Å². The number of nitrogens with one attached hydrogen (secondary N) is 2. The highest BCUT2D eigenvalue weighted by atomic mass is 16.7. The number of aromatic nitrogens is 3. The van der Waals surface area contributed by atoms with Crippen molar-refractivity contribution in [3.05, 3.63) is 53.0 Å². The second kappa shape index (κ2) is 13.1. The van der Waals surface area contributed by atoms with Gasteiger partial charge < -0.3 is 25.2 Å². The molecule has 0 radical (unpaired) electrons. The summed E-state index contributed by atoms with van der Waals surface area (Å²) in [7, 11) is 0. The molecular weight excluding hydrogens is 548 g/mol. The SMILES string of the molecule is CCCN(C(=O)OCOC(=O)CCC(=O)O)C(=O)c1ccc(C)c(Nc2ncnn3cc(C(=O)NC4CC4)c(C)c23)c1. The minimum atomic E-state index is -1.16. The molecule has 42 heavy (non-hydrogen) atoms. The molecule has 0 saturated heterocycles. The highest BCUT2D eigenvalue weighted by molar-refractivity contribution is 6.04. The third-order valence-electron chi connectivity index (χ3n) is 6.58. The fourth-order valence-corrected chi connectivity index (χ4v) is 4.15. The van der Waals surface area contributed by atoms with E-state index in [4.69, 9.17) is 14.6 Å². The first-order valence-electron chi connectivity index (χ1n) is 13.5. The summed E-state index contributed by atoms with van der Waals surface area (Å²) in [4.78, 5) is 66.2. The van der Waals surface area contributed by atoms with Crippen LogP contribution >= 0.6 is 0 Å². The zero-order valence-electron chi connectivity index (χ0n) is 23.5. The average Bonchev–Trinajstić information content (AvgIpc) is 3.71. The molecule has 2 aromatic heterocycles. The van der Waals surface area contributed by atoms with Crippen molar-refractivity contribution in [2.75, 3.05) is 18.7 Å². The molecule has 1 fully saturated rings. The van der Waals surface area contributed by atoms with Crippen molar-refractivity contribution in [1.82, 2.24) is 24.8 Å². The van der Waals surface area contributed by atoms with E-state index in [2.05, 4.69) is 20.7 Å². The van der Waals surface area contributed by atoms with Gasteiger partial charge in [0.15, 0.2) is 5.82 Å². The molecule has 1 aromatic carbocycles. The van der Waals surface area contributed by atoms with Crippen molar-refractivity contribution in [3.63, 3.8) is 0 Å². The van der Waals surface area contributed by atoms with Gasteiger partial charge in [-0.15, -0.1) is 0 Å². The van der Waals surface area contributed by atoms with E-state index < -0.39 is 37.2 Å². The van der Waals surface area contributed by atoms with Crippen LogP contribution < -0.4 is 10.6 Å². The number of nitrogens with zero attached hydrogens (tertiary/aromatic N) is 4. The molecule has 3 aromatic rings. The third-order valence-corrected chi connectivity index (χ3v) is 6.58. The van der Waals surface area contributed by atoms with E-state index in [0.717, 1.165) is 23.3 Å². The second-order valence-electron chi connectivity index (χ2n) is 9.87. The van der Waals surface area contributed by atoms with Crippen LogP contribution in [0.15, 0.2) is 30.7 Å². The minimum absolute atomic E-state index is 0.0445. The van der Waals surface area contributed by atoms with Crippen molar-refractivity contribution in [2.45, 2.75) is 58.9 Å². The number of hydrogen-bond acceptors (Lipinski definition) is 10. The number of esters is 1. The largest absolute Gasteiger partial charge is 0.481 e. The summed E-state index contributed by atoms with van der Waals surface area (Å²) in [5, 5.41) is 19.1. The van der Waals surface area contributed by atoms with Crippen LogP contribution in [-0.2, 0) is 19.1 Å². The van der Waals surface area contributed by atoms with Gasteiger partial charge in [-0.3, -0.25) is 19.2 Å². The number of benzene rings is 1. The lowest BCUT2D eigenvalue weighted by atomic mass is 10.1. The zero-order chi connectivity index (χ0) is 30.4. The normalized spacial score (nSPS) is 12.5. The van der Waals surface area contributed by atoms with Crippen LogP contribution in [0.1, 0.15) is 70.9 Å². The number of carbonyl (C=O) groups excluding carboxylic acids is 4. The first kappa shape index (κ1) is 30.0. The number of aryl methyl sites for hydroxylation is 2. The molecule has 1 saturated carbocycles. The quantitative estimate of drug-likeness (QED) is 0.211. The number of anilines is 2. The molecule has 1 aliphatic carbocycles. The number of carboxylic acid groups (broad SMARTS) is 1. The van der Waals surface area contributed by atoms with E-state index in [-0.39, 0.29) is 30.5 Å². The van der Waals surface area contributed by atoms with Gasteiger partial charge in [-0.1, -0.05) is 13.0 Å². The average molecular weight is 581 g/mol. The Kier molecular flexibility index (Phi) is 9.35. The lowest BCUT2D eigenvalue weighted by Gasteiger charge is -2.20. The van der Waals surface area contributed by atoms with Gasteiger partial charge in [0.25, 0.3) is 11.8 Å². The molecule has 2 heterocycles. The Balaban J connectivity index is 1.50. The minimum Gasteiger partial charge on any atom is -0.481 e. The fraction of sp³-hybridized carbons (Fsp3) is 0.393. The predicted octanol–water partition coefficient (Wildman–Crippen LogP) is 3.34. The van der Waals surface area contributed by atoms with Gasteiger partial charge in [-0.2, -0.15) is 5.10 Å². The summed E-state index contributed by atoms with van der Waals surface area (Å²) in [6.07, 6.45) is 3.58. The molecular formula is C28H32N6O8. The second-order valence-corrected chi connectivity index (χ2v) is 9.87. The topological polar surface area (TPSA) is 182 Å². The van der Waals surface area contributed by atoms with Gasteiger partial charge >= 0.3 is 18.0 Å². The smallest absolute Gasteiger partial charge is 0.419 e. The van der Waals surface area contributed by atoms with Gasteiger partial charge in [0, 0.05) is 30.0 Å². The summed E-state index contributed by atoms with van der Waals surface area (Å²) in [5.74, 6) is -2.39. The van der Waals surface area contributed by atoms with E-state index in [0.29, 0.717) is 34.6 Å². The Labute approximate surface area is 241 Å². The number of ether oxygens (including phenoxy) is 2. The molecule has 0 aliphatic heterocycles. The van der Waals surface area contributed by atoms with Crippen LogP contribution in [0.4, 0.5) is 16.3 Å².